The van der Waals surface area contributed by atoms with Crippen LogP contribution in [0.15, 0.2) is 16.9 Å². The Labute approximate surface area is 267 Å². The zero-order chi connectivity index (χ0) is 34.3. The van der Waals surface area contributed by atoms with Gasteiger partial charge < -0.3 is 29.2 Å². The van der Waals surface area contributed by atoms with Crippen molar-refractivity contribution in [1.29, 1.82) is 0 Å². The first-order chi connectivity index (χ1) is 22.1. The summed E-state index contributed by atoms with van der Waals surface area (Å²) in [6, 6.07) is 0.577. The number of hydrogen-bond acceptors (Lipinski definition) is 9. The van der Waals surface area contributed by atoms with E-state index in [0.717, 1.165) is 10.1 Å². The minimum atomic E-state index is -5.00. The molecule has 3 aromatic heterocycles. The van der Waals surface area contributed by atoms with Crippen molar-refractivity contribution in [3.8, 4) is 0 Å². The van der Waals surface area contributed by atoms with Crippen molar-refractivity contribution in [3.63, 3.8) is 0 Å². The summed E-state index contributed by atoms with van der Waals surface area (Å²) in [6.45, 7) is 9.84. The van der Waals surface area contributed by atoms with Gasteiger partial charge in [-0.05, 0) is 46.1 Å². The van der Waals surface area contributed by atoms with Crippen LogP contribution in [0.25, 0.3) is 11.4 Å². The Morgan fingerprint density at radius 2 is 1.81 bits per heavy atom. The molecule has 0 spiro atoms. The summed E-state index contributed by atoms with van der Waals surface area (Å²) in [5.74, 6) is -1.98. The lowest BCUT2D eigenvalue weighted by atomic mass is 10.1. The van der Waals surface area contributed by atoms with Crippen LogP contribution in [0.3, 0.4) is 0 Å². The molecule has 17 heteroatoms. The number of aryl methyl sites for hydroxylation is 1. The second-order valence-corrected chi connectivity index (χ2v) is 12.2. The van der Waals surface area contributed by atoms with Gasteiger partial charge in [0.2, 0.25) is 11.7 Å². The van der Waals surface area contributed by atoms with Gasteiger partial charge in [0.05, 0.1) is 30.3 Å². The van der Waals surface area contributed by atoms with Crippen molar-refractivity contribution in [2.24, 2.45) is 0 Å². The number of alkyl halides is 3. The van der Waals surface area contributed by atoms with Crippen molar-refractivity contribution in [3.05, 3.63) is 51.2 Å². The second kappa shape index (κ2) is 12.9. The van der Waals surface area contributed by atoms with Crippen molar-refractivity contribution >= 4 is 34.7 Å². The van der Waals surface area contributed by atoms with Crippen molar-refractivity contribution in [2.45, 2.75) is 65.8 Å². The van der Waals surface area contributed by atoms with Crippen LogP contribution >= 0.6 is 0 Å². The fraction of sp³-hybridized carbons (Fsp3) is 0.533. The zero-order valence-corrected chi connectivity index (χ0v) is 26.7. The Balaban J connectivity index is 1.52. The fourth-order valence-corrected chi connectivity index (χ4v) is 5.47. The first kappa shape index (κ1) is 33.8. The quantitative estimate of drug-likeness (QED) is 0.390. The van der Waals surface area contributed by atoms with Gasteiger partial charge in [0.1, 0.15) is 17.8 Å². The molecule has 1 fully saturated rings. The number of halogens is 4. The number of piperazine rings is 1. The Morgan fingerprint density at radius 3 is 2.40 bits per heavy atom. The molecule has 0 saturated carbocycles. The van der Waals surface area contributed by atoms with Gasteiger partial charge in [0.25, 0.3) is 5.56 Å². The molecule has 2 amide bonds. The topological polar surface area (TPSA) is 136 Å². The number of fused-ring (bicyclic) bond motifs is 1. The van der Waals surface area contributed by atoms with Crippen molar-refractivity contribution < 1.29 is 36.6 Å². The molecule has 1 saturated heterocycles. The third-order valence-electron chi connectivity index (χ3n) is 7.67. The average Bonchev–Trinajstić information content (AvgIpc) is 3.45. The zero-order valence-electron chi connectivity index (χ0n) is 26.7. The van der Waals surface area contributed by atoms with Gasteiger partial charge in [-0.1, -0.05) is 13.0 Å². The van der Waals surface area contributed by atoms with E-state index < -0.39 is 47.4 Å². The highest BCUT2D eigenvalue weighted by Crippen LogP contribution is 2.32. The Morgan fingerprint density at radius 1 is 1.11 bits per heavy atom. The van der Waals surface area contributed by atoms with E-state index in [1.165, 1.54) is 11.5 Å². The number of rotatable bonds is 6. The fourth-order valence-electron chi connectivity index (χ4n) is 5.47. The largest absolute Gasteiger partial charge is 0.444 e. The highest BCUT2D eigenvalue weighted by molar-refractivity contribution is 5.91. The summed E-state index contributed by atoms with van der Waals surface area (Å²) in [7, 11) is 0. The van der Waals surface area contributed by atoms with E-state index in [-0.39, 0.29) is 42.4 Å². The Kier molecular flexibility index (Phi) is 9.30. The lowest BCUT2D eigenvalue weighted by Crippen LogP contribution is -2.51. The van der Waals surface area contributed by atoms with E-state index in [2.05, 4.69) is 20.4 Å². The van der Waals surface area contributed by atoms with E-state index >= 15 is 0 Å². The molecule has 0 unspecified atom stereocenters. The monoisotopic (exact) mass is 664 g/mol. The van der Waals surface area contributed by atoms with Crippen LogP contribution < -0.4 is 15.8 Å². The number of amides is 2. The maximum atomic E-state index is 14.3. The van der Waals surface area contributed by atoms with Gasteiger partial charge in [-0.15, -0.1) is 5.10 Å². The molecule has 5 heterocycles. The predicted molar refractivity (Wildman–Crippen MR) is 163 cm³/mol. The van der Waals surface area contributed by atoms with Gasteiger partial charge in [0, 0.05) is 32.2 Å². The molecule has 2 aliphatic rings. The summed E-state index contributed by atoms with van der Waals surface area (Å²) in [4.78, 5) is 51.4. The molecule has 3 aromatic rings. The maximum absolute atomic E-state index is 14.3. The number of carbonyl (C=O) groups excluding carboxylic acids is 2. The minimum Gasteiger partial charge on any atom is -0.444 e. The molecule has 2 aliphatic heterocycles. The molecule has 13 nitrogen and oxygen atoms in total. The molecule has 0 bridgehead atoms. The van der Waals surface area contributed by atoms with E-state index in [0.29, 0.717) is 50.3 Å². The lowest BCUT2D eigenvalue weighted by Gasteiger charge is -2.37. The number of ether oxygens (including phenoxy) is 2. The predicted octanol–water partition coefficient (Wildman–Crippen LogP) is 3.81. The number of hydrogen-bond donors (Lipinski definition) is 1. The minimum absolute atomic E-state index is 0.0778. The molecule has 0 aromatic carbocycles. The maximum Gasteiger partial charge on any atom is 0.436 e. The summed E-state index contributed by atoms with van der Waals surface area (Å²) in [6.07, 6.45) is -2.86. The van der Waals surface area contributed by atoms with Crippen LogP contribution in [0.5, 0.6) is 0 Å². The molecule has 5 rings (SSSR count). The second-order valence-electron chi connectivity index (χ2n) is 12.2. The molecule has 0 aliphatic carbocycles. The molecular weight excluding hydrogens is 628 g/mol. The SMILES string of the molecule is CCc1c(N2CCN(C(=O)OC(C)(C)C)CC2)c(=O)n2nc(C3=CCOCC3)nc2n1CC(=O)Nc1cc(F)c(C(F)(F)F)nc1C. The third kappa shape index (κ3) is 7.24. The lowest BCUT2D eigenvalue weighted by molar-refractivity contribution is -0.143. The Hall–Kier alpha value is -4.54. The number of nitrogens with one attached hydrogen (secondary N) is 1. The number of nitrogens with zero attached hydrogens (tertiary/aromatic N) is 7. The summed E-state index contributed by atoms with van der Waals surface area (Å²) in [5, 5.41) is 6.95. The number of aromatic nitrogens is 5. The molecule has 47 heavy (non-hydrogen) atoms. The van der Waals surface area contributed by atoms with Crippen LogP contribution in [0, 0.1) is 12.7 Å². The highest BCUT2D eigenvalue weighted by atomic mass is 19.4. The smallest absolute Gasteiger partial charge is 0.436 e. The first-order valence-electron chi connectivity index (χ1n) is 15.1. The van der Waals surface area contributed by atoms with Gasteiger partial charge >= 0.3 is 12.3 Å². The highest BCUT2D eigenvalue weighted by Gasteiger charge is 2.37. The van der Waals surface area contributed by atoms with Gasteiger partial charge in [0.15, 0.2) is 17.3 Å². The third-order valence-corrected chi connectivity index (χ3v) is 7.67. The first-order valence-corrected chi connectivity index (χ1v) is 15.1. The van der Waals surface area contributed by atoms with E-state index in [1.807, 2.05) is 11.0 Å². The number of carbonyl (C=O) groups is 2. The molecule has 1 N–H and O–H groups in total. The van der Waals surface area contributed by atoms with Crippen LogP contribution in [-0.4, -0.2) is 86.0 Å². The number of anilines is 2. The van der Waals surface area contributed by atoms with Crippen LogP contribution in [-0.2, 0) is 33.4 Å². The summed E-state index contributed by atoms with van der Waals surface area (Å²) >= 11 is 0. The summed E-state index contributed by atoms with van der Waals surface area (Å²) in [5.41, 5.74) is -1.79. The Bertz CT molecular complexity index is 1790. The van der Waals surface area contributed by atoms with Crippen molar-refractivity contribution in [1.82, 2.24) is 29.0 Å². The van der Waals surface area contributed by atoms with Crippen LogP contribution in [0.1, 0.15) is 57.0 Å². The van der Waals surface area contributed by atoms with Crippen LogP contribution in [0.2, 0.25) is 0 Å². The average molecular weight is 665 g/mol. The standard InChI is InChI=1S/C30H36F4N8O5/c1-6-21-23(39-9-11-40(12-10-39)28(45)47-29(3,4)5)26(44)42-27(37-25(38-42)18-7-13-46-14-8-18)41(21)16-22(43)36-20-15-19(31)24(30(32,33)34)35-17(20)2/h7,15H,6,8-14,16H2,1-5H3,(H,36,43). The molecule has 254 valence electrons. The van der Waals surface area contributed by atoms with E-state index in [4.69, 9.17) is 9.47 Å². The molecule has 0 radical (unpaired) electrons. The van der Waals surface area contributed by atoms with E-state index in [1.54, 1.807) is 32.6 Å². The molecular formula is C30H36F4N8O5. The van der Waals surface area contributed by atoms with Crippen LogP contribution in [0.4, 0.5) is 33.7 Å². The normalized spacial score (nSPS) is 16.0. The molecule has 0 atom stereocenters. The van der Waals surface area contributed by atoms with Gasteiger partial charge in [-0.3, -0.25) is 9.59 Å². The number of pyridine rings is 1. The van der Waals surface area contributed by atoms with Gasteiger partial charge in [-0.25, -0.2) is 14.2 Å². The van der Waals surface area contributed by atoms with Crippen molar-refractivity contribution in [2.75, 3.05) is 49.6 Å². The van der Waals surface area contributed by atoms with Gasteiger partial charge in [-0.2, -0.15) is 22.7 Å². The van der Waals surface area contributed by atoms with E-state index in [9.17, 15) is 31.9 Å². The summed E-state index contributed by atoms with van der Waals surface area (Å²) < 4.78 is 67.3.